The molecule has 10 heteroatoms. The molecule has 9 nitrogen and oxygen atoms in total. The zero-order chi connectivity index (χ0) is 20.9. The van der Waals surface area contributed by atoms with Gasteiger partial charge in [0, 0.05) is 26.2 Å². The van der Waals surface area contributed by atoms with Crippen LogP contribution >= 0.6 is 0 Å². The minimum atomic E-state index is -3.51. The fourth-order valence-corrected chi connectivity index (χ4v) is 4.08. The Morgan fingerprint density at radius 3 is 2.48 bits per heavy atom. The molecule has 2 aromatic rings. The molecule has 0 atom stereocenters. The van der Waals surface area contributed by atoms with Crippen molar-refractivity contribution in [2.24, 2.45) is 0 Å². The number of nitrogens with one attached hydrogen (secondary N) is 1. The molecule has 1 fully saturated rings. The van der Waals surface area contributed by atoms with E-state index < -0.39 is 15.9 Å². The summed E-state index contributed by atoms with van der Waals surface area (Å²) in [6, 6.07) is 6.08. The maximum absolute atomic E-state index is 12.2. The molecular weight excluding hydrogens is 394 g/mol. The first kappa shape index (κ1) is 21.4. The quantitative estimate of drug-likeness (QED) is 0.645. The van der Waals surface area contributed by atoms with E-state index >= 15 is 0 Å². The Hall–Kier alpha value is -2.30. The summed E-state index contributed by atoms with van der Waals surface area (Å²) in [4.78, 5) is 14.8. The van der Waals surface area contributed by atoms with Crippen LogP contribution in [0.1, 0.15) is 36.4 Å². The zero-order valence-corrected chi connectivity index (χ0v) is 17.6. The van der Waals surface area contributed by atoms with Gasteiger partial charge >= 0.3 is 11.8 Å². The van der Waals surface area contributed by atoms with E-state index in [1.807, 2.05) is 0 Å². The average molecular weight is 422 g/mol. The van der Waals surface area contributed by atoms with Crippen LogP contribution in [-0.4, -0.2) is 74.0 Å². The Labute approximate surface area is 171 Å². The number of amides is 1. The van der Waals surface area contributed by atoms with Crippen LogP contribution in [0.2, 0.25) is 0 Å². The van der Waals surface area contributed by atoms with Crippen LogP contribution in [0.3, 0.4) is 0 Å². The van der Waals surface area contributed by atoms with Crippen molar-refractivity contribution in [1.29, 1.82) is 0 Å². The SMILES string of the molecule is CN(C)S(=O)(=O)c1ccc(-c2nnc(C(=O)NCCCN3CCCCC3)o2)cc1. The van der Waals surface area contributed by atoms with Crippen LogP contribution < -0.4 is 5.32 Å². The molecule has 0 spiro atoms. The maximum atomic E-state index is 12.2. The molecular formula is C19H27N5O4S. The van der Waals surface area contributed by atoms with Crippen molar-refractivity contribution in [3.05, 3.63) is 30.2 Å². The largest absolute Gasteiger partial charge is 0.412 e. The third kappa shape index (κ3) is 5.40. The van der Waals surface area contributed by atoms with Gasteiger partial charge in [-0.25, -0.2) is 12.7 Å². The highest BCUT2D eigenvalue weighted by atomic mass is 32.2. The van der Waals surface area contributed by atoms with Gasteiger partial charge < -0.3 is 14.6 Å². The molecule has 29 heavy (non-hydrogen) atoms. The summed E-state index contributed by atoms with van der Waals surface area (Å²) >= 11 is 0. The number of aromatic nitrogens is 2. The molecule has 0 saturated carbocycles. The van der Waals surface area contributed by atoms with Crippen LogP contribution in [-0.2, 0) is 10.0 Å². The summed E-state index contributed by atoms with van der Waals surface area (Å²) in [5.41, 5.74) is 0.541. The fourth-order valence-electron chi connectivity index (χ4n) is 3.18. The van der Waals surface area contributed by atoms with Gasteiger partial charge in [-0.2, -0.15) is 0 Å². The molecule has 2 heterocycles. The number of sulfonamides is 1. The third-order valence-corrected chi connectivity index (χ3v) is 6.71. The lowest BCUT2D eigenvalue weighted by atomic mass is 10.1. The first-order valence-electron chi connectivity index (χ1n) is 9.75. The monoisotopic (exact) mass is 421 g/mol. The Morgan fingerprint density at radius 2 is 1.83 bits per heavy atom. The summed E-state index contributed by atoms with van der Waals surface area (Å²) in [6.07, 6.45) is 4.67. The first-order chi connectivity index (χ1) is 13.9. The summed E-state index contributed by atoms with van der Waals surface area (Å²) in [7, 11) is -0.564. The van der Waals surface area contributed by atoms with Gasteiger partial charge in [0.1, 0.15) is 0 Å². The Bertz CT molecular complexity index is 918. The van der Waals surface area contributed by atoms with Gasteiger partial charge in [-0.1, -0.05) is 6.42 Å². The summed E-state index contributed by atoms with van der Waals surface area (Å²) in [5, 5.41) is 10.5. The first-order valence-corrected chi connectivity index (χ1v) is 11.2. The summed E-state index contributed by atoms with van der Waals surface area (Å²) in [6.45, 7) is 3.78. The topological polar surface area (TPSA) is 109 Å². The molecule has 3 rings (SSSR count). The van der Waals surface area contributed by atoms with Gasteiger partial charge in [0.15, 0.2) is 0 Å². The van der Waals surface area contributed by atoms with Gasteiger partial charge in [-0.3, -0.25) is 4.79 Å². The lowest BCUT2D eigenvalue weighted by Gasteiger charge is -2.26. The highest BCUT2D eigenvalue weighted by Gasteiger charge is 2.19. The van der Waals surface area contributed by atoms with Crippen molar-refractivity contribution in [3.63, 3.8) is 0 Å². The van der Waals surface area contributed by atoms with Gasteiger partial charge in [0.2, 0.25) is 15.9 Å². The molecule has 1 aromatic carbocycles. The van der Waals surface area contributed by atoms with Crippen molar-refractivity contribution < 1.29 is 17.6 Å². The van der Waals surface area contributed by atoms with E-state index in [1.54, 1.807) is 12.1 Å². The lowest BCUT2D eigenvalue weighted by Crippen LogP contribution is -2.33. The molecule has 0 bridgehead atoms. The van der Waals surface area contributed by atoms with E-state index in [0.29, 0.717) is 12.1 Å². The minimum absolute atomic E-state index is 0.108. The van der Waals surface area contributed by atoms with E-state index in [2.05, 4.69) is 20.4 Å². The predicted octanol–water partition coefficient (Wildman–Crippen LogP) is 1.59. The molecule has 1 aliphatic heterocycles. The van der Waals surface area contributed by atoms with E-state index in [1.165, 1.54) is 45.5 Å². The van der Waals surface area contributed by atoms with Crippen molar-refractivity contribution in [3.8, 4) is 11.5 Å². The second kappa shape index (κ2) is 9.47. The van der Waals surface area contributed by atoms with E-state index in [9.17, 15) is 13.2 Å². The average Bonchev–Trinajstić information content (AvgIpc) is 3.22. The van der Waals surface area contributed by atoms with Crippen LogP contribution in [0, 0.1) is 0 Å². The summed E-state index contributed by atoms with van der Waals surface area (Å²) in [5.74, 6) is -0.352. The van der Waals surface area contributed by atoms with Gasteiger partial charge in [0.25, 0.3) is 0 Å². The number of hydrogen-bond acceptors (Lipinski definition) is 7. The lowest BCUT2D eigenvalue weighted by molar-refractivity contribution is 0.0917. The summed E-state index contributed by atoms with van der Waals surface area (Å²) < 4.78 is 30.8. The molecule has 158 valence electrons. The number of rotatable bonds is 8. The van der Waals surface area contributed by atoms with Gasteiger partial charge in [-0.15, -0.1) is 10.2 Å². The molecule has 1 amide bonds. The van der Waals surface area contributed by atoms with E-state index in [4.69, 9.17) is 4.42 Å². The third-order valence-electron chi connectivity index (χ3n) is 4.88. The second-order valence-electron chi connectivity index (χ2n) is 7.24. The molecule has 1 N–H and O–H groups in total. The van der Waals surface area contributed by atoms with Crippen LogP contribution in [0.25, 0.3) is 11.5 Å². The number of carbonyl (C=O) groups excluding carboxylic acids is 1. The Morgan fingerprint density at radius 1 is 1.14 bits per heavy atom. The zero-order valence-electron chi connectivity index (χ0n) is 16.8. The number of piperidine rings is 1. The van der Waals surface area contributed by atoms with E-state index in [0.717, 1.165) is 30.4 Å². The van der Waals surface area contributed by atoms with Crippen LogP contribution in [0.4, 0.5) is 0 Å². The molecule has 0 aliphatic carbocycles. The standard InChI is InChI=1S/C19H27N5O4S/c1-23(2)29(26,27)16-9-7-15(8-10-16)18-21-22-19(28-18)17(25)20-11-6-14-24-12-4-3-5-13-24/h7-10H,3-6,11-14H2,1-2H3,(H,20,25). The molecule has 1 saturated heterocycles. The Kier molecular flexibility index (Phi) is 6.99. The van der Waals surface area contributed by atoms with Crippen LogP contribution in [0.5, 0.6) is 0 Å². The molecule has 1 aromatic heterocycles. The molecule has 1 aliphatic rings. The van der Waals surface area contributed by atoms with Crippen molar-refractivity contribution >= 4 is 15.9 Å². The highest BCUT2D eigenvalue weighted by molar-refractivity contribution is 7.89. The molecule has 0 unspecified atom stereocenters. The van der Waals surface area contributed by atoms with Crippen molar-refractivity contribution in [2.45, 2.75) is 30.6 Å². The second-order valence-corrected chi connectivity index (χ2v) is 9.39. The number of likely N-dealkylation sites (tertiary alicyclic amines) is 1. The maximum Gasteiger partial charge on any atom is 0.308 e. The smallest absolute Gasteiger partial charge is 0.308 e. The van der Waals surface area contributed by atoms with E-state index in [-0.39, 0.29) is 16.7 Å². The Balaban J connectivity index is 1.53. The normalized spacial score (nSPS) is 15.6. The number of carbonyl (C=O) groups is 1. The van der Waals surface area contributed by atoms with Gasteiger partial charge in [-0.05, 0) is 63.2 Å². The predicted molar refractivity (Wildman–Crippen MR) is 108 cm³/mol. The van der Waals surface area contributed by atoms with Gasteiger partial charge in [0.05, 0.1) is 4.90 Å². The highest BCUT2D eigenvalue weighted by Crippen LogP contribution is 2.21. The van der Waals surface area contributed by atoms with Crippen LogP contribution in [0.15, 0.2) is 33.6 Å². The van der Waals surface area contributed by atoms with Crippen molar-refractivity contribution in [2.75, 3.05) is 40.3 Å². The number of nitrogens with zero attached hydrogens (tertiary/aromatic N) is 4. The fraction of sp³-hybridized carbons (Fsp3) is 0.526. The minimum Gasteiger partial charge on any atom is -0.412 e. The van der Waals surface area contributed by atoms with Crippen molar-refractivity contribution in [1.82, 2.24) is 24.7 Å². The number of hydrogen-bond donors (Lipinski definition) is 1. The number of benzene rings is 1. The molecule has 0 radical (unpaired) electrons.